The average Bonchev–Trinajstić information content (AvgIpc) is 3.33. The van der Waals surface area contributed by atoms with Crippen molar-refractivity contribution < 1.29 is 9.32 Å². The minimum atomic E-state index is -0.257. The van der Waals surface area contributed by atoms with Gasteiger partial charge in [0.2, 0.25) is 0 Å². The zero-order chi connectivity index (χ0) is 18.3. The Balaban J connectivity index is 1.64. The van der Waals surface area contributed by atoms with E-state index >= 15 is 0 Å². The van der Waals surface area contributed by atoms with Gasteiger partial charge in [-0.1, -0.05) is 11.2 Å². The Kier molecular flexibility index (Phi) is 3.66. The monoisotopic (exact) mass is 345 g/mol. The fourth-order valence-electron chi connectivity index (χ4n) is 3.21. The van der Waals surface area contributed by atoms with Gasteiger partial charge in [0.25, 0.3) is 5.91 Å². The zero-order valence-electron chi connectivity index (χ0n) is 14.3. The molecule has 1 aliphatic rings. The van der Waals surface area contributed by atoms with Crippen molar-refractivity contribution >= 4 is 17.3 Å². The van der Waals surface area contributed by atoms with Crippen LogP contribution in [0.1, 0.15) is 38.3 Å². The summed E-state index contributed by atoms with van der Waals surface area (Å²) in [6.45, 7) is 2.36. The first-order chi connectivity index (χ1) is 12.6. The second-order valence-corrected chi connectivity index (χ2v) is 6.14. The van der Waals surface area contributed by atoms with Crippen molar-refractivity contribution in [2.24, 2.45) is 12.0 Å². The lowest BCUT2D eigenvalue weighted by Crippen LogP contribution is -2.17. The molecule has 7 heteroatoms. The second-order valence-electron chi connectivity index (χ2n) is 6.14. The number of nitriles is 1. The van der Waals surface area contributed by atoms with Gasteiger partial charge >= 0.3 is 0 Å². The number of hydrogen-bond acceptors (Lipinski definition) is 5. The summed E-state index contributed by atoms with van der Waals surface area (Å²) in [7, 11) is 1.75. The molecular formula is C19H15N5O2. The summed E-state index contributed by atoms with van der Waals surface area (Å²) >= 11 is 0. The van der Waals surface area contributed by atoms with E-state index < -0.39 is 0 Å². The standard InChI is InChI=1S/C19H15N5O2/c1-11-13(6-20)9-24(2)18(11)19(25)23-15-4-3-12-7-21-17(16(12)5-15)14-8-22-26-10-14/h3-5,8-10H,7H2,1-2H3,(H,23,25). The molecule has 1 N–H and O–H groups in total. The Bertz CT molecular complexity index is 1080. The molecule has 0 fully saturated rings. The predicted octanol–water partition coefficient (Wildman–Crippen LogP) is 2.80. The molecular weight excluding hydrogens is 330 g/mol. The number of anilines is 1. The lowest BCUT2D eigenvalue weighted by Gasteiger charge is -2.10. The fraction of sp³-hybridized carbons (Fsp3) is 0.158. The smallest absolute Gasteiger partial charge is 0.272 e. The van der Waals surface area contributed by atoms with Gasteiger partial charge in [0.05, 0.1) is 29.6 Å². The number of carbonyl (C=O) groups excluding carboxylic acids is 1. The van der Waals surface area contributed by atoms with E-state index in [1.807, 2.05) is 18.2 Å². The van der Waals surface area contributed by atoms with Gasteiger partial charge in [-0.05, 0) is 30.2 Å². The summed E-state index contributed by atoms with van der Waals surface area (Å²) < 4.78 is 6.57. The molecule has 0 atom stereocenters. The van der Waals surface area contributed by atoms with Gasteiger partial charge in [-0.2, -0.15) is 5.26 Å². The Morgan fingerprint density at radius 1 is 1.42 bits per heavy atom. The fourth-order valence-corrected chi connectivity index (χ4v) is 3.21. The molecule has 1 aliphatic heterocycles. The largest absolute Gasteiger partial charge is 0.364 e. The number of aliphatic imine (C=N–C) groups is 1. The van der Waals surface area contributed by atoms with Crippen molar-refractivity contribution in [2.45, 2.75) is 13.5 Å². The van der Waals surface area contributed by atoms with Crippen LogP contribution in [0.3, 0.4) is 0 Å². The number of aromatic nitrogens is 2. The number of hydrogen-bond donors (Lipinski definition) is 1. The molecule has 26 heavy (non-hydrogen) atoms. The minimum Gasteiger partial charge on any atom is -0.364 e. The molecule has 1 aromatic carbocycles. The van der Waals surface area contributed by atoms with Crippen molar-refractivity contribution in [3.63, 3.8) is 0 Å². The quantitative estimate of drug-likeness (QED) is 0.789. The minimum absolute atomic E-state index is 0.257. The van der Waals surface area contributed by atoms with Gasteiger partial charge in [-0.3, -0.25) is 9.79 Å². The Morgan fingerprint density at radius 3 is 2.96 bits per heavy atom. The maximum absolute atomic E-state index is 12.7. The highest BCUT2D eigenvalue weighted by molar-refractivity contribution is 6.15. The van der Waals surface area contributed by atoms with Crippen LogP contribution in [0.2, 0.25) is 0 Å². The third kappa shape index (κ3) is 2.48. The van der Waals surface area contributed by atoms with E-state index in [0.29, 0.717) is 29.1 Å². The normalized spacial score (nSPS) is 12.4. The number of amides is 1. The number of nitrogens with zero attached hydrogens (tertiary/aromatic N) is 4. The van der Waals surface area contributed by atoms with Crippen LogP contribution in [0.15, 0.2) is 46.4 Å². The SMILES string of the molecule is Cc1c(C#N)cn(C)c1C(=O)Nc1ccc2c(c1)C(c1cnoc1)=NC2. The van der Waals surface area contributed by atoms with Crippen LogP contribution < -0.4 is 5.32 Å². The van der Waals surface area contributed by atoms with Gasteiger partial charge in [0, 0.05) is 24.5 Å². The third-order valence-corrected chi connectivity index (χ3v) is 4.51. The molecule has 0 bridgehead atoms. The summed E-state index contributed by atoms with van der Waals surface area (Å²) in [5.41, 5.74) is 5.94. The molecule has 1 amide bonds. The highest BCUT2D eigenvalue weighted by Crippen LogP contribution is 2.26. The van der Waals surface area contributed by atoms with Gasteiger partial charge in [0.15, 0.2) is 0 Å². The number of fused-ring (bicyclic) bond motifs is 1. The third-order valence-electron chi connectivity index (χ3n) is 4.51. The zero-order valence-corrected chi connectivity index (χ0v) is 14.3. The van der Waals surface area contributed by atoms with Crippen LogP contribution >= 0.6 is 0 Å². The molecule has 0 saturated carbocycles. The van der Waals surface area contributed by atoms with Crippen molar-refractivity contribution in [1.29, 1.82) is 5.26 Å². The van der Waals surface area contributed by atoms with Crippen LogP contribution in [0.4, 0.5) is 5.69 Å². The summed E-state index contributed by atoms with van der Waals surface area (Å²) in [6, 6.07) is 7.80. The first kappa shape index (κ1) is 15.8. The summed E-state index contributed by atoms with van der Waals surface area (Å²) in [5, 5.41) is 15.8. The summed E-state index contributed by atoms with van der Waals surface area (Å²) in [5.74, 6) is -0.257. The van der Waals surface area contributed by atoms with Crippen molar-refractivity contribution in [3.05, 3.63) is 70.4 Å². The molecule has 3 aromatic rings. The van der Waals surface area contributed by atoms with Crippen molar-refractivity contribution in [2.75, 3.05) is 5.32 Å². The number of nitrogens with one attached hydrogen (secondary N) is 1. The van der Waals surface area contributed by atoms with Gasteiger partial charge in [-0.15, -0.1) is 0 Å². The van der Waals surface area contributed by atoms with Gasteiger partial charge < -0.3 is 14.4 Å². The predicted molar refractivity (Wildman–Crippen MR) is 95.1 cm³/mol. The number of carbonyl (C=O) groups is 1. The van der Waals surface area contributed by atoms with Crippen LogP contribution in [0.25, 0.3) is 0 Å². The average molecular weight is 345 g/mol. The lowest BCUT2D eigenvalue weighted by molar-refractivity contribution is 0.101. The summed E-state index contributed by atoms with van der Waals surface area (Å²) in [4.78, 5) is 17.2. The van der Waals surface area contributed by atoms with Crippen molar-refractivity contribution in [1.82, 2.24) is 9.72 Å². The molecule has 3 heterocycles. The molecule has 0 aliphatic carbocycles. The van der Waals surface area contributed by atoms with Crippen LogP contribution in [0, 0.1) is 18.3 Å². The Morgan fingerprint density at radius 2 is 2.27 bits per heavy atom. The van der Waals surface area contributed by atoms with Gasteiger partial charge in [0.1, 0.15) is 18.0 Å². The molecule has 2 aromatic heterocycles. The van der Waals surface area contributed by atoms with E-state index in [0.717, 1.165) is 22.4 Å². The first-order valence-corrected chi connectivity index (χ1v) is 8.03. The van der Waals surface area contributed by atoms with Crippen LogP contribution in [0.5, 0.6) is 0 Å². The number of aryl methyl sites for hydroxylation is 1. The lowest BCUT2D eigenvalue weighted by atomic mass is 10.0. The van der Waals surface area contributed by atoms with Crippen molar-refractivity contribution in [3.8, 4) is 6.07 Å². The maximum atomic E-state index is 12.7. The first-order valence-electron chi connectivity index (χ1n) is 8.03. The number of benzene rings is 1. The van der Waals surface area contributed by atoms with Crippen LogP contribution in [-0.2, 0) is 13.6 Å². The molecule has 0 unspecified atom stereocenters. The van der Waals surface area contributed by atoms with E-state index in [-0.39, 0.29) is 5.91 Å². The van der Waals surface area contributed by atoms with Gasteiger partial charge in [-0.25, -0.2) is 0 Å². The second kappa shape index (κ2) is 6.01. The number of rotatable bonds is 3. The van der Waals surface area contributed by atoms with E-state index in [4.69, 9.17) is 9.78 Å². The molecule has 4 rings (SSSR count). The molecule has 0 radical (unpaired) electrons. The highest BCUT2D eigenvalue weighted by Gasteiger charge is 2.21. The van der Waals surface area contributed by atoms with E-state index in [1.54, 1.807) is 37.2 Å². The highest BCUT2D eigenvalue weighted by atomic mass is 16.5. The molecule has 128 valence electrons. The Labute approximate surface area is 149 Å². The molecule has 0 spiro atoms. The molecule has 0 saturated heterocycles. The molecule has 7 nitrogen and oxygen atoms in total. The summed E-state index contributed by atoms with van der Waals surface area (Å²) in [6.07, 6.45) is 4.83. The maximum Gasteiger partial charge on any atom is 0.272 e. The Hall–Kier alpha value is -3.66. The topological polar surface area (TPSA) is 96.2 Å². The van der Waals surface area contributed by atoms with E-state index in [9.17, 15) is 4.79 Å². The van der Waals surface area contributed by atoms with E-state index in [2.05, 4.69) is 21.5 Å². The van der Waals surface area contributed by atoms with E-state index in [1.165, 1.54) is 0 Å². The van der Waals surface area contributed by atoms with Crippen LogP contribution in [-0.4, -0.2) is 21.3 Å².